The van der Waals surface area contributed by atoms with E-state index in [-0.39, 0.29) is 5.69 Å². The van der Waals surface area contributed by atoms with Crippen molar-refractivity contribution in [3.63, 3.8) is 0 Å². The number of nitrogens with zero attached hydrogens (tertiary/aromatic N) is 2. The number of nitro benzene ring substituents is 1. The molecule has 0 atom stereocenters. The molecule has 0 unspecified atom stereocenters. The van der Waals surface area contributed by atoms with Crippen LogP contribution in [0.25, 0.3) is 11.4 Å². The van der Waals surface area contributed by atoms with Crippen LogP contribution in [0.3, 0.4) is 0 Å². The lowest BCUT2D eigenvalue weighted by molar-refractivity contribution is -0.384. The summed E-state index contributed by atoms with van der Waals surface area (Å²) in [6, 6.07) is 6.44. The number of nitrogens with one attached hydrogen (secondary N) is 1. The van der Waals surface area contributed by atoms with Crippen LogP contribution < -0.4 is 5.73 Å². The maximum Gasteiger partial charge on any atom is 0.280 e. The van der Waals surface area contributed by atoms with Gasteiger partial charge >= 0.3 is 0 Å². The first kappa shape index (κ1) is 10.3. The predicted octanol–water partition coefficient (Wildman–Crippen LogP) is 1.44. The molecule has 82 valence electrons. The maximum absolute atomic E-state index is 10.8. The third-order valence-electron chi connectivity index (χ3n) is 2.20. The second-order valence-electron chi connectivity index (χ2n) is 3.24. The third kappa shape index (κ3) is 1.78. The van der Waals surface area contributed by atoms with Crippen molar-refractivity contribution in [1.82, 2.24) is 9.97 Å². The Balaban J connectivity index is 2.50. The average Bonchev–Trinajstić information content (AvgIpc) is 2.77. The Hall–Kier alpha value is -2.21. The van der Waals surface area contributed by atoms with E-state index in [1.54, 1.807) is 24.4 Å². The Bertz CT molecular complexity index is 521. The summed E-state index contributed by atoms with van der Waals surface area (Å²) in [5.41, 5.74) is 6.67. The number of nitrogens with two attached hydrogens (primary N) is 1. The Morgan fingerprint density at radius 2 is 2.19 bits per heavy atom. The zero-order valence-corrected chi connectivity index (χ0v) is 8.38. The highest BCUT2D eigenvalue weighted by Crippen LogP contribution is 2.26. The Kier molecular flexibility index (Phi) is 2.65. The SMILES string of the molecule is NCc1cnc(-c2ccccc2[N+](=O)[O-])[nH]1. The van der Waals surface area contributed by atoms with E-state index in [9.17, 15) is 10.1 Å². The number of rotatable bonds is 3. The number of hydrogen-bond donors (Lipinski definition) is 2. The van der Waals surface area contributed by atoms with Crippen LogP contribution in [0.1, 0.15) is 5.69 Å². The smallest absolute Gasteiger partial charge is 0.280 e. The maximum atomic E-state index is 10.8. The summed E-state index contributed by atoms with van der Waals surface area (Å²) < 4.78 is 0. The minimum atomic E-state index is -0.431. The van der Waals surface area contributed by atoms with Gasteiger partial charge in [0.1, 0.15) is 5.82 Å². The van der Waals surface area contributed by atoms with Crippen LogP contribution in [0.5, 0.6) is 0 Å². The van der Waals surface area contributed by atoms with Gasteiger partial charge in [0.15, 0.2) is 0 Å². The topological polar surface area (TPSA) is 97.8 Å². The van der Waals surface area contributed by atoms with E-state index in [4.69, 9.17) is 5.73 Å². The van der Waals surface area contributed by atoms with Crippen LogP contribution in [-0.4, -0.2) is 14.9 Å². The molecule has 1 heterocycles. The number of aromatic amines is 1. The van der Waals surface area contributed by atoms with Gasteiger partial charge in [-0.15, -0.1) is 0 Å². The number of para-hydroxylation sites is 1. The largest absolute Gasteiger partial charge is 0.341 e. The molecule has 0 saturated heterocycles. The summed E-state index contributed by atoms with van der Waals surface area (Å²) in [6.07, 6.45) is 1.58. The minimum Gasteiger partial charge on any atom is -0.341 e. The van der Waals surface area contributed by atoms with Crippen LogP contribution in [0, 0.1) is 10.1 Å². The molecule has 2 rings (SSSR count). The Morgan fingerprint density at radius 1 is 1.44 bits per heavy atom. The molecule has 0 spiro atoms. The highest BCUT2D eigenvalue weighted by atomic mass is 16.6. The van der Waals surface area contributed by atoms with Crippen molar-refractivity contribution in [2.24, 2.45) is 5.73 Å². The van der Waals surface area contributed by atoms with Crippen molar-refractivity contribution in [2.45, 2.75) is 6.54 Å². The molecule has 0 bridgehead atoms. The quantitative estimate of drug-likeness (QED) is 0.601. The number of imidazole rings is 1. The molecule has 6 nitrogen and oxygen atoms in total. The normalized spacial score (nSPS) is 10.3. The molecule has 0 aliphatic heterocycles. The van der Waals surface area contributed by atoms with E-state index < -0.39 is 4.92 Å². The number of H-pyrrole nitrogens is 1. The summed E-state index contributed by atoms with van der Waals surface area (Å²) in [5.74, 6) is 0.466. The molecule has 0 radical (unpaired) electrons. The highest BCUT2D eigenvalue weighted by Gasteiger charge is 2.16. The van der Waals surface area contributed by atoms with Gasteiger partial charge in [0.25, 0.3) is 5.69 Å². The Morgan fingerprint density at radius 3 is 2.81 bits per heavy atom. The number of benzene rings is 1. The fraction of sp³-hybridized carbons (Fsp3) is 0.100. The van der Waals surface area contributed by atoms with Gasteiger partial charge in [-0.3, -0.25) is 10.1 Å². The molecule has 1 aromatic carbocycles. The standard InChI is InChI=1S/C10H10N4O2/c11-5-7-6-12-10(13-7)8-3-1-2-4-9(8)14(15)16/h1-4,6H,5,11H2,(H,12,13). The molecular weight excluding hydrogens is 208 g/mol. The van der Waals surface area contributed by atoms with Gasteiger partial charge < -0.3 is 10.7 Å². The van der Waals surface area contributed by atoms with Crippen LogP contribution >= 0.6 is 0 Å². The molecule has 0 aliphatic carbocycles. The summed E-state index contributed by atoms with van der Waals surface area (Å²) >= 11 is 0. The van der Waals surface area contributed by atoms with Gasteiger partial charge in [-0.1, -0.05) is 12.1 Å². The van der Waals surface area contributed by atoms with Gasteiger partial charge in [0, 0.05) is 24.5 Å². The molecule has 16 heavy (non-hydrogen) atoms. The second-order valence-corrected chi connectivity index (χ2v) is 3.24. The van der Waals surface area contributed by atoms with E-state index >= 15 is 0 Å². The van der Waals surface area contributed by atoms with Crippen LogP contribution in [-0.2, 0) is 6.54 Å². The molecule has 0 aliphatic rings. The van der Waals surface area contributed by atoms with Gasteiger partial charge in [0.05, 0.1) is 10.5 Å². The van der Waals surface area contributed by atoms with Crippen molar-refractivity contribution in [3.05, 3.63) is 46.3 Å². The van der Waals surface area contributed by atoms with Crippen molar-refractivity contribution < 1.29 is 4.92 Å². The fourth-order valence-electron chi connectivity index (χ4n) is 1.43. The summed E-state index contributed by atoms with van der Waals surface area (Å²) in [5, 5.41) is 10.8. The van der Waals surface area contributed by atoms with E-state index in [1.807, 2.05) is 0 Å². The average molecular weight is 218 g/mol. The van der Waals surface area contributed by atoms with Crippen LogP contribution in [0.4, 0.5) is 5.69 Å². The lowest BCUT2D eigenvalue weighted by Gasteiger charge is -1.98. The van der Waals surface area contributed by atoms with Crippen molar-refractivity contribution >= 4 is 5.69 Å². The molecule has 0 fully saturated rings. The highest BCUT2D eigenvalue weighted by molar-refractivity contribution is 5.67. The molecular formula is C10H10N4O2. The first-order valence-electron chi connectivity index (χ1n) is 4.70. The molecule has 3 N–H and O–H groups in total. The van der Waals surface area contributed by atoms with E-state index in [1.165, 1.54) is 6.07 Å². The zero-order chi connectivity index (χ0) is 11.5. The molecule has 6 heteroatoms. The van der Waals surface area contributed by atoms with Crippen molar-refractivity contribution in [1.29, 1.82) is 0 Å². The Labute approximate surface area is 91.3 Å². The number of aromatic nitrogens is 2. The third-order valence-corrected chi connectivity index (χ3v) is 2.20. The van der Waals surface area contributed by atoms with Gasteiger partial charge in [-0.25, -0.2) is 4.98 Å². The summed E-state index contributed by atoms with van der Waals surface area (Å²) in [7, 11) is 0. The van der Waals surface area contributed by atoms with E-state index in [0.717, 1.165) is 5.69 Å². The molecule has 2 aromatic rings. The number of hydrogen-bond acceptors (Lipinski definition) is 4. The van der Waals surface area contributed by atoms with Gasteiger partial charge in [0.2, 0.25) is 0 Å². The first-order chi connectivity index (χ1) is 7.72. The summed E-state index contributed by atoms with van der Waals surface area (Å²) in [4.78, 5) is 17.4. The molecule has 0 saturated carbocycles. The zero-order valence-electron chi connectivity index (χ0n) is 8.38. The lowest BCUT2D eigenvalue weighted by atomic mass is 10.2. The first-order valence-corrected chi connectivity index (χ1v) is 4.70. The van der Waals surface area contributed by atoms with Crippen molar-refractivity contribution in [3.8, 4) is 11.4 Å². The van der Waals surface area contributed by atoms with E-state index in [2.05, 4.69) is 9.97 Å². The molecule has 0 amide bonds. The second kappa shape index (κ2) is 4.11. The molecule has 1 aromatic heterocycles. The monoisotopic (exact) mass is 218 g/mol. The fourth-order valence-corrected chi connectivity index (χ4v) is 1.43. The minimum absolute atomic E-state index is 0.0282. The van der Waals surface area contributed by atoms with Gasteiger partial charge in [-0.2, -0.15) is 0 Å². The number of nitro groups is 1. The van der Waals surface area contributed by atoms with Crippen molar-refractivity contribution in [2.75, 3.05) is 0 Å². The van der Waals surface area contributed by atoms with Crippen LogP contribution in [0.15, 0.2) is 30.5 Å². The van der Waals surface area contributed by atoms with Crippen LogP contribution in [0.2, 0.25) is 0 Å². The predicted molar refractivity (Wildman–Crippen MR) is 58.6 cm³/mol. The van der Waals surface area contributed by atoms with E-state index in [0.29, 0.717) is 17.9 Å². The van der Waals surface area contributed by atoms with Gasteiger partial charge in [-0.05, 0) is 6.07 Å². The summed E-state index contributed by atoms with van der Waals surface area (Å²) in [6.45, 7) is 0.327. The lowest BCUT2D eigenvalue weighted by Crippen LogP contribution is -1.96.